The number of hydrogen-bond donors (Lipinski definition) is 12. The lowest BCUT2D eigenvalue weighted by atomic mass is 10.0. The number of phenolic OH excluding ortho intramolecular Hbond substituents is 6. The Labute approximate surface area is 813 Å². The van der Waals surface area contributed by atoms with E-state index < -0.39 is 70.3 Å². The summed E-state index contributed by atoms with van der Waals surface area (Å²) in [6.45, 7) is 13.6. The second-order valence-corrected chi connectivity index (χ2v) is 38.7. The molecule has 0 radical (unpaired) electrons. The smallest absolute Gasteiger partial charge is 0.303 e. The van der Waals surface area contributed by atoms with Gasteiger partial charge >= 0.3 is 35.8 Å². The molecule has 12 N–H and O–H groups in total. The highest BCUT2D eigenvalue weighted by Crippen LogP contribution is 2.54. The quantitative estimate of drug-likeness (QED) is 0.0164. The zero-order chi connectivity index (χ0) is 98.8. The van der Waals surface area contributed by atoms with Crippen molar-refractivity contribution in [2.24, 2.45) is 0 Å². The monoisotopic (exact) mass is 1880 g/mol. The van der Waals surface area contributed by atoms with Crippen LogP contribution in [0, 0.1) is 0 Å². The molecule has 0 unspecified atom stereocenters. The van der Waals surface area contributed by atoms with Gasteiger partial charge in [0.05, 0.1) is 0 Å². The first-order valence-corrected chi connectivity index (χ1v) is 56.8. The highest BCUT2D eigenvalue weighted by Gasteiger charge is 2.22. The third-order valence-electron chi connectivity index (χ3n) is 25.3. The van der Waals surface area contributed by atoms with Crippen LogP contribution in [0.15, 0.2) is 0 Å². The number of benzene rings is 1. The molecular weight excluding hydrogens is 1660 g/mol. The fraction of sp³-hybridized carbons (Fsp3) is 0.895. The molecule has 0 aliphatic heterocycles. The zero-order valence-electron chi connectivity index (χ0n) is 87.7. The number of aliphatic carboxylic acids is 6. The molecule has 0 heterocycles. The number of carbonyl (C=O) groups is 6. The van der Waals surface area contributed by atoms with Gasteiger partial charge in [0.25, 0.3) is 0 Å². The van der Waals surface area contributed by atoms with Gasteiger partial charge in [0, 0.05) is 38.5 Å². The lowest BCUT2D eigenvalue weighted by molar-refractivity contribution is -0.138. The Morgan fingerprint density at radius 2 is 0.167 bits per heavy atom. The van der Waals surface area contributed by atoms with Gasteiger partial charge in [-0.3, -0.25) is 28.8 Å². The summed E-state index contributed by atoms with van der Waals surface area (Å²) in [4.78, 5) is 62.0. The van der Waals surface area contributed by atoms with Gasteiger partial charge in [0.2, 0.25) is 34.5 Å². The predicted octanol–water partition coefficient (Wildman–Crippen LogP) is 37.9. The minimum atomic E-state index is -1.09. The van der Waals surface area contributed by atoms with Crippen LogP contribution in [0.3, 0.4) is 0 Å². The van der Waals surface area contributed by atoms with Gasteiger partial charge in [0.1, 0.15) is 0 Å². The summed E-state index contributed by atoms with van der Waals surface area (Å²) in [7, 11) is 0. The van der Waals surface area contributed by atoms with Gasteiger partial charge in [-0.15, -0.1) is 0 Å². The predicted molar refractivity (Wildman–Crippen MR) is 560 cm³/mol. The molecule has 786 valence electrons. The Hall–Kier alpha value is -5.16. The molecule has 1 aromatic rings. The van der Waals surface area contributed by atoms with Gasteiger partial charge in [-0.25, -0.2) is 0 Å². The first kappa shape index (κ1) is 138. The maximum absolute atomic E-state index is 10.3. The molecule has 1 aromatic carbocycles. The Morgan fingerprint density at radius 3 is 0.220 bits per heavy atom. The van der Waals surface area contributed by atoms with Gasteiger partial charge in [-0.1, -0.05) is 581 Å². The van der Waals surface area contributed by atoms with E-state index in [1.807, 2.05) is 0 Å². The van der Waals surface area contributed by atoms with Crippen LogP contribution in [-0.2, 0) is 28.8 Å². The molecule has 0 fully saturated rings. The number of phenols is 6. The summed E-state index contributed by atoms with van der Waals surface area (Å²) in [5, 5.41) is 104. The molecule has 0 saturated carbocycles. The van der Waals surface area contributed by atoms with Crippen molar-refractivity contribution in [3.05, 3.63) is 0 Å². The third-order valence-corrected chi connectivity index (χ3v) is 25.3. The molecule has 0 aliphatic rings. The van der Waals surface area contributed by atoms with E-state index in [-0.39, 0.29) is 0 Å². The molecular formula is C114H222O18. The van der Waals surface area contributed by atoms with E-state index in [1.165, 1.54) is 501 Å². The van der Waals surface area contributed by atoms with Crippen LogP contribution in [0.4, 0.5) is 0 Å². The van der Waals surface area contributed by atoms with Crippen LogP contribution in [0.25, 0.3) is 0 Å². The van der Waals surface area contributed by atoms with Gasteiger partial charge in [-0.2, -0.15) is 0 Å². The molecule has 0 aromatic heterocycles. The summed E-state index contributed by atoms with van der Waals surface area (Å²) < 4.78 is 0. The molecule has 0 atom stereocenters. The summed E-state index contributed by atoms with van der Waals surface area (Å²) in [6, 6.07) is 0. The second-order valence-electron chi connectivity index (χ2n) is 38.7. The Bertz CT molecular complexity index is 2030. The summed E-state index contributed by atoms with van der Waals surface area (Å²) >= 11 is 0. The lowest BCUT2D eigenvalue weighted by Crippen LogP contribution is -1.93. The fourth-order valence-corrected chi connectivity index (χ4v) is 16.6. The molecule has 0 bridgehead atoms. The van der Waals surface area contributed by atoms with Crippen LogP contribution < -0.4 is 0 Å². The summed E-state index contributed by atoms with van der Waals surface area (Å²) in [5.41, 5.74) is 0. The Morgan fingerprint density at radius 1 is 0.114 bits per heavy atom. The van der Waals surface area contributed by atoms with Gasteiger partial charge in [-0.05, 0) is 38.5 Å². The van der Waals surface area contributed by atoms with Crippen molar-refractivity contribution in [2.45, 2.75) is 658 Å². The summed E-state index contributed by atoms with van der Waals surface area (Å²) in [5.74, 6) is -10.5. The van der Waals surface area contributed by atoms with Crippen molar-refractivity contribution in [2.75, 3.05) is 0 Å². The normalized spacial score (nSPS) is 10.8. The molecule has 132 heavy (non-hydrogen) atoms. The number of aromatic hydroxyl groups is 6. The molecule has 18 nitrogen and oxygen atoms in total. The zero-order valence-corrected chi connectivity index (χ0v) is 87.7. The van der Waals surface area contributed by atoms with Crippen LogP contribution in [0.5, 0.6) is 34.5 Å². The van der Waals surface area contributed by atoms with E-state index >= 15 is 0 Å². The largest absolute Gasteiger partial charge is 0.502 e. The minimum absolute atomic E-state index is 0.345. The molecule has 0 amide bonds. The van der Waals surface area contributed by atoms with Crippen molar-refractivity contribution in [3.63, 3.8) is 0 Å². The van der Waals surface area contributed by atoms with Crippen LogP contribution >= 0.6 is 0 Å². The average Bonchev–Trinajstić information content (AvgIpc) is 0.809. The van der Waals surface area contributed by atoms with Crippen LogP contribution in [0.2, 0.25) is 0 Å². The van der Waals surface area contributed by atoms with E-state index in [2.05, 4.69) is 41.5 Å². The maximum Gasteiger partial charge on any atom is 0.303 e. The maximum atomic E-state index is 10.3. The van der Waals surface area contributed by atoms with E-state index in [0.717, 1.165) is 77.0 Å². The van der Waals surface area contributed by atoms with Crippen LogP contribution in [0.1, 0.15) is 658 Å². The number of carboxylic acids is 6. The Balaban J connectivity index is -0.000000352. The Kier molecular flexibility index (Phi) is 127. The highest BCUT2D eigenvalue weighted by molar-refractivity contribution is 5.70. The van der Waals surface area contributed by atoms with E-state index in [1.54, 1.807) is 0 Å². The fourth-order valence-electron chi connectivity index (χ4n) is 16.6. The number of hydrogen-bond acceptors (Lipinski definition) is 12. The van der Waals surface area contributed by atoms with E-state index in [9.17, 15) is 28.8 Å². The van der Waals surface area contributed by atoms with E-state index in [0.29, 0.717) is 38.5 Å². The van der Waals surface area contributed by atoms with Crippen molar-refractivity contribution in [1.82, 2.24) is 0 Å². The lowest BCUT2D eigenvalue weighted by Gasteiger charge is -2.06. The number of carboxylic acid groups (broad SMARTS) is 6. The highest BCUT2D eigenvalue weighted by atomic mass is 16.4. The SMILES string of the molecule is CCCCCCCCCCCCCCCCCC(=O)O.CCCCCCCCCCCCCCCCCC(=O)O.CCCCCCCCCCCCCCCCCC(=O)O.CCCCCCCCCCCCCCCCCC(=O)O.CCCCCCCCCCCCCCCCCC(=O)O.CCCCCCCCCCCCCCCCCC(=O)O.Oc1c(O)c(O)c(O)c(O)c1O. The van der Waals surface area contributed by atoms with E-state index in [4.69, 9.17) is 61.3 Å². The number of rotatable bonds is 96. The first-order chi connectivity index (χ1) is 64.1. The molecule has 18 heteroatoms. The van der Waals surface area contributed by atoms with Crippen molar-refractivity contribution >= 4 is 35.8 Å². The molecule has 0 spiro atoms. The standard InChI is InChI=1S/6C18H36O2.C6H6O6/c6*1-2-3-4-5-6-7-8-9-10-11-12-13-14-15-16-17-18(19)20;7-1-2(8)4(10)6(12)5(11)3(1)9/h6*2-17H2,1H3,(H,19,20);7-12H. The topological polar surface area (TPSA) is 345 Å². The van der Waals surface area contributed by atoms with Gasteiger partial charge in [0.15, 0.2) is 0 Å². The first-order valence-electron chi connectivity index (χ1n) is 56.8. The molecule has 0 saturated heterocycles. The van der Waals surface area contributed by atoms with Crippen molar-refractivity contribution < 1.29 is 90.0 Å². The van der Waals surface area contributed by atoms with Crippen molar-refractivity contribution in [3.8, 4) is 34.5 Å². The molecule has 1 rings (SSSR count). The van der Waals surface area contributed by atoms with Crippen molar-refractivity contribution in [1.29, 1.82) is 0 Å². The third kappa shape index (κ3) is 131. The average molecular weight is 1880 g/mol. The summed E-state index contributed by atoms with van der Waals surface area (Å²) in [6.07, 6.45) is 121. The second kappa shape index (κ2) is 122. The minimum Gasteiger partial charge on any atom is -0.502 e. The molecule has 0 aliphatic carbocycles. The van der Waals surface area contributed by atoms with Gasteiger partial charge < -0.3 is 61.3 Å². The van der Waals surface area contributed by atoms with Crippen LogP contribution in [-0.4, -0.2) is 97.1 Å². The number of unbranched alkanes of at least 4 members (excludes halogenated alkanes) is 84.